The number of rotatable bonds is 5. The minimum absolute atomic E-state index is 0.106. The molecule has 20 heavy (non-hydrogen) atoms. The van der Waals surface area contributed by atoms with Crippen LogP contribution in [0.3, 0.4) is 0 Å². The summed E-state index contributed by atoms with van der Waals surface area (Å²) in [7, 11) is 3.57. The van der Waals surface area contributed by atoms with E-state index in [0.717, 1.165) is 11.3 Å². The highest BCUT2D eigenvalue weighted by Crippen LogP contribution is 2.29. The molecule has 0 aliphatic heterocycles. The third kappa shape index (κ3) is 3.53. The number of hydrogen-bond acceptors (Lipinski definition) is 2. The number of methoxy groups -OCH3 is 1. The van der Waals surface area contributed by atoms with Gasteiger partial charge in [-0.05, 0) is 43.4 Å². The summed E-state index contributed by atoms with van der Waals surface area (Å²) in [5, 5.41) is 0. The Labute approximate surface area is 121 Å². The largest absolute Gasteiger partial charge is 0.497 e. The van der Waals surface area contributed by atoms with E-state index in [4.69, 9.17) is 4.74 Å². The fourth-order valence-corrected chi connectivity index (χ4v) is 2.93. The fraction of sp³-hybridized carbons (Fsp3) is 0.588. The monoisotopic (exact) mass is 275 g/mol. The Morgan fingerprint density at radius 3 is 2.45 bits per heavy atom. The number of nitrogens with zero attached hydrogens (tertiary/aromatic N) is 1. The van der Waals surface area contributed by atoms with E-state index in [-0.39, 0.29) is 11.9 Å². The molecule has 1 atom stereocenters. The molecule has 1 unspecified atom stereocenters. The molecule has 0 heterocycles. The van der Waals surface area contributed by atoms with Gasteiger partial charge in [0, 0.05) is 13.5 Å². The lowest BCUT2D eigenvalue weighted by molar-refractivity contribution is -0.132. The van der Waals surface area contributed by atoms with E-state index >= 15 is 0 Å². The standard InChI is InChI=1S/C17H25NO2/c1-13(15-8-10-16(20-3)11-9-15)18(2)17(19)12-14-6-4-5-7-14/h8-11,13-14H,4-7,12H2,1-3H3. The third-order valence-corrected chi connectivity index (χ3v) is 4.51. The lowest BCUT2D eigenvalue weighted by Crippen LogP contribution is -2.30. The first-order valence-electron chi connectivity index (χ1n) is 7.51. The van der Waals surface area contributed by atoms with Crippen molar-refractivity contribution in [3.05, 3.63) is 29.8 Å². The normalized spacial score (nSPS) is 16.9. The van der Waals surface area contributed by atoms with Crippen LogP contribution in [-0.2, 0) is 4.79 Å². The molecule has 3 nitrogen and oxygen atoms in total. The van der Waals surface area contributed by atoms with E-state index in [2.05, 4.69) is 6.92 Å². The molecule has 1 saturated carbocycles. The second kappa shape index (κ2) is 6.78. The van der Waals surface area contributed by atoms with Gasteiger partial charge in [0.15, 0.2) is 0 Å². The van der Waals surface area contributed by atoms with Gasteiger partial charge in [-0.15, -0.1) is 0 Å². The molecule has 1 fully saturated rings. The summed E-state index contributed by atoms with van der Waals surface area (Å²) in [6.45, 7) is 2.08. The molecule has 0 aromatic heterocycles. The van der Waals surface area contributed by atoms with Crippen molar-refractivity contribution in [1.82, 2.24) is 4.90 Å². The van der Waals surface area contributed by atoms with E-state index in [1.54, 1.807) is 7.11 Å². The zero-order valence-electron chi connectivity index (χ0n) is 12.8. The minimum atomic E-state index is 0.106. The summed E-state index contributed by atoms with van der Waals surface area (Å²) in [4.78, 5) is 14.2. The van der Waals surface area contributed by atoms with Crippen LogP contribution in [0.25, 0.3) is 0 Å². The summed E-state index contributed by atoms with van der Waals surface area (Å²) in [6.07, 6.45) is 5.72. The predicted octanol–water partition coefficient (Wildman–Crippen LogP) is 3.79. The van der Waals surface area contributed by atoms with E-state index in [1.807, 2.05) is 36.2 Å². The van der Waals surface area contributed by atoms with Gasteiger partial charge in [0.2, 0.25) is 5.91 Å². The summed E-state index contributed by atoms with van der Waals surface area (Å²) >= 11 is 0. The Morgan fingerprint density at radius 2 is 1.90 bits per heavy atom. The molecular formula is C17H25NO2. The summed E-state index contributed by atoms with van der Waals surface area (Å²) in [5.41, 5.74) is 1.15. The number of amides is 1. The van der Waals surface area contributed by atoms with Gasteiger partial charge in [0.05, 0.1) is 13.2 Å². The van der Waals surface area contributed by atoms with Gasteiger partial charge in [0.1, 0.15) is 5.75 Å². The number of hydrogen-bond donors (Lipinski definition) is 0. The van der Waals surface area contributed by atoms with Crippen molar-refractivity contribution in [2.75, 3.05) is 14.2 Å². The van der Waals surface area contributed by atoms with E-state index in [9.17, 15) is 4.79 Å². The van der Waals surface area contributed by atoms with Crippen LogP contribution in [0.4, 0.5) is 0 Å². The molecule has 1 aromatic carbocycles. The predicted molar refractivity (Wildman–Crippen MR) is 80.8 cm³/mol. The molecule has 0 saturated heterocycles. The first kappa shape index (κ1) is 14.9. The van der Waals surface area contributed by atoms with Crippen molar-refractivity contribution in [3.8, 4) is 5.75 Å². The molecule has 110 valence electrons. The summed E-state index contributed by atoms with van der Waals surface area (Å²) in [5.74, 6) is 1.72. The quantitative estimate of drug-likeness (QED) is 0.818. The third-order valence-electron chi connectivity index (χ3n) is 4.51. The molecular weight excluding hydrogens is 250 g/mol. The van der Waals surface area contributed by atoms with E-state index in [0.29, 0.717) is 12.3 Å². The van der Waals surface area contributed by atoms with Crippen molar-refractivity contribution in [2.45, 2.75) is 45.1 Å². The Hall–Kier alpha value is -1.51. The second-order valence-corrected chi connectivity index (χ2v) is 5.81. The van der Waals surface area contributed by atoms with E-state index in [1.165, 1.54) is 25.7 Å². The summed E-state index contributed by atoms with van der Waals surface area (Å²) in [6, 6.07) is 8.06. The Morgan fingerprint density at radius 1 is 1.30 bits per heavy atom. The van der Waals surface area contributed by atoms with Crippen molar-refractivity contribution >= 4 is 5.91 Å². The number of carbonyl (C=O) groups excluding carboxylic acids is 1. The van der Waals surface area contributed by atoms with Crippen LogP contribution >= 0.6 is 0 Å². The highest BCUT2D eigenvalue weighted by Gasteiger charge is 2.23. The molecule has 0 bridgehead atoms. The smallest absolute Gasteiger partial charge is 0.223 e. The maximum Gasteiger partial charge on any atom is 0.223 e. The van der Waals surface area contributed by atoms with Crippen LogP contribution in [0.2, 0.25) is 0 Å². The van der Waals surface area contributed by atoms with Gasteiger partial charge in [-0.25, -0.2) is 0 Å². The van der Waals surface area contributed by atoms with Crippen LogP contribution in [-0.4, -0.2) is 25.0 Å². The lowest BCUT2D eigenvalue weighted by atomic mass is 10.0. The highest BCUT2D eigenvalue weighted by atomic mass is 16.5. The van der Waals surface area contributed by atoms with Crippen LogP contribution in [0.1, 0.15) is 50.6 Å². The van der Waals surface area contributed by atoms with E-state index < -0.39 is 0 Å². The van der Waals surface area contributed by atoms with Crippen molar-refractivity contribution < 1.29 is 9.53 Å². The highest BCUT2D eigenvalue weighted by molar-refractivity contribution is 5.76. The molecule has 0 spiro atoms. The van der Waals surface area contributed by atoms with Gasteiger partial charge in [0.25, 0.3) is 0 Å². The molecule has 1 aliphatic rings. The van der Waals surface area contributed by atoms with Gasteiger partial charge in [-0.3, -0.25) is 4.79 Å². The zero-order valence-corrected chi connectivity index (χ0v) is 12.8. The molecule has 3 heteroatoms. The molecule has 2 rings (SSSR count). The first-order valence-corrected chi connectivity index (χ1v) is 7.51. The fourth-order valence-electron chi connectivity index (χ4n) is 2.93. The average molecular weight is 275 g/mol. The average Bonchev–Trinajstić information content (AvgIpc) is 2.98. The Balaban J connectivity index is 1.95. The van der Waals surface area contributed by atoms with Crippen molar-refractivity contribution in [3.63, 3.8) is 0 Å². The Kier molecular flexibility index (Phi) is 5.05. The van der Waals surface area contributed by atoms with Gasteiger partial charge in [-0.1, -0.05) is 25.0 Å². The van der Waals surface area contributed by atoms with Crippen LogP contribution in [0.15, 0.2) is 24.3 Å². The van der Waals surface area contributed by atoms with Crippen molar-refractivity contribution in [2.24, 2.45) is 5.92 Å². The minimum Gasteiger partial charge on any atom is -0.497 e. The number of ether oxygens (including phenoxy) is 1. The van der Waals surface area contributed by atoms with Gasteiger partial charge >= 0.3 is 0 Å². The molecule has 0 radical (unpaired) electrons. The number of carbonyl (C=O) groups is 1. The zero-order chi connectivity index (χ0) is 14.5. The summed E-state index contributed by atoms with van der Waals surface area (Å²) < 4.78 is 5.16. The van der Waals surface area contributed by atoms with Crippen LogP contribution < -0.4 is 4.74 Å². The topological polar surface area (TPSA) is 29.5 Å². The molecule has 1 aliphatic carbocycles. The maximum atomic E-state index is 12.3. The Bertz CT molecular complexity index is 435. The molecule has 1 amide bonds. The molecule has 1 aromatic rings. The van der Waals surface area contributed by atoms with Gasteiger partial charge < -0.3 is 9.64 Å². The lowest BCUT2D eigenvalue weighted by Gasteiger charge is -2.26. The maximum absolute atomic E-state index is 12.3. The van der Waals surface area contributed by atoms with Crippen LogP contribution in [0, 0.1) is 5.92 Å². The molecule has 0 N–H and O–H groups in total. The van der Waals surface area contributed by atoms with Crippen LogP contribution in [0.5, 0.6) is 5.75 Å². The first-order chi connectivity index (χ1) is 9.61. The number of benzene rings is 1. The SMILES string of the molecule is COc1ccc(C(C)N(C)C(=O)CC2CCCC2)cc1. The van der Waals surface area contributed by atoms with Gasteiger partial charge in [-0.2, -0.15) is 0 Å². The second-order valence-electron chi connectivity index (χ2n) is 5.81. The van der Waals surface area contributed by atoms with Crippen molar-refractivity contribution in [1.29, 1.82) is 0 Å².